The summed E-state index contributed by atoms with van der Waals surface area (Å²) in [7, 11) is -8.74. The van der Waals surface area contributed by atoms with Crippen molar-refractivity contribution in [2.75, 3.05) is 18.1 Å². The number of benzene rings is 2. The number of primary sulfonamides is 1. The van der Waals surface area contributed by atoms with Crippen LogP contribution in [0, 0.1) is 0 Å². The lowest BCUT2D eigenvalue weighted by molar-refractivity contribution is -0.130. The van der Waals surface area contributed by atoms with Crippen molar-refractivity contribution in [1.29, 1.82) is 0 Å². The molecule has 0 saturated heterocycles. The molecule has 0 radical (unpaired) electrons. The third-order valence-corrected chi connectivity index (χ3v) is 10.00. The first-order chi connectivity index (χ1) is 19.2. The molecule has 3 aromatic rings. The molecular weight excluding hydrogens is 619 g/mol. The topological polar surface area (TPSA) is 174 Å². The second-order valence-electron chi connectivity index (χ2n) is 10.3. The molecule has 0 bridgehead atoms. The van der Waals surface area contributed by atoms with E-state index in [0.29, 0.717) is 21.4 Å². The molecule has 1 unspecified atom stereocenters. The fourth-order valence-electron chi connectivity index (χ4n) is 3.88. The number of hydrogen-bond acceptors (Lipinski definition) is 9. The van der Waals surface area contributed by atoms with Crippen molar-refractivity contribution in [2.24, 2.45) is 5.14 Å². The van der Waals surface area contributed by atoms with Crippen molar-refractivity contribution < 1.29 is 44.7 Å². The van der Waals surface area contributed by atoms with E-state index < -0.39 is 67.3 Å². The first kappa shape index (κ1) is 33.6. The van der Waals surface area contributed by atoms with E-state index in [-0.39, 0.29) is 29.1 Å². The zero-order valence-electron chi connectivity index (χ0n) is 22.6. The Morgan fingerprint density at radius 1 is 1.02 bits per heavy atom. The molecule has 0 fully saturated rings. The number of halogens is 3. The quantitative estimate of drug-likeness (QED) is 0.236. The normalized spacial score (nSPS) is 13.7. The summed E-state index contributed by atoms with van der Waals surface area (Å²) >= 11 is 0.793. The number of fused-ring (bicyclic) bond motifs is 1. The van der Waals surface area contributed by atoms with Gasteiger partial charge in [-0.15, -0.1) is 11.3 Å². The Balaban J connectivity index is 1.95. The lowest BCUT2D eigenvalue weighted by Gasteiger charge is -2.16. The van der Waals surface area contributed by atoms with Crippen molar-refractivity contribution in [3.05, 3.63) is 53.0 Å². The van der Waals surface area contributed by atoms with Crippen LogP contribution in [0.15, 0.2) is 42.5 Å². The molecule has 1 amide bonds. The molecule has 10 nitrogen and oxygen atoms in total. The van der Waals surface area contributed by atoms with Crippen molar-refractivity contribution >= 4 is 53.1 Å². The number of ketones is 1. The van der Waals surface area contributed by atoms with Crippen LogP contribution < -0.4 is 10.5 Å². The van der Waals surface area contributed by atoms with E-state index in [0.717, 1.165) is 11.3 Å². The number of carbonyl (C=O) groups excluding carboxylic acids is 2. The first-order valence-electron chi connectivity index (χ1n) is 12.6. The van der Waals surface area contributed by atoms with Gasteiger partial charge in [-0.2, -0.15) is 13.2 Å². The van der Waals surface area contributed by atoms with Crippen LogP contribution in [0.1, 0.15) is 53.7 Å². The van der Waals surface area contributed by atoms with E-state index in [1.165, 1.54) is 0 Å². The highest BCUT2D eigenvalue weighted by Crippen LogP contribution is 2.35. The second-order valence-corrected chi connectivity index (χ2v) is 15.3. The molecular formula is C26H30F3N3O7S3. The van der Waals surface area contributed by atoms with Gasteiger partial charge in [-0.1, -0.05) is 24.3 Å². The van der Waals surface area contributed by atoms with Crippen LogP contribution in [0.4, 0.5) is 13.2 Å². The predicted octanol–water partition coefficient (Wildman–Crippen LogP) is 3.51. The average molecular weight is 650 g/mol. The molecule has 3 rings (SSSR count). The van der Waals surface area contributed by atoms with Gasteiger partial charge in [0, 0.05) is 18.5 Å². The van der Waals surface area contributed by atoms with Crippen LogP contribution in [0.25, 0.3) is 21.3 Å². The Labute approximate surface area is 245 Å². The fraction of sp³-hybridized carbons (Fsp3) is 0.423. The third-order valence-electron chi connectivity index (χ3n) is 6.06. The third kappa shape index (κ3) is 9.83. The molecule has 4 N–H and O–H groups in total. The maximum Gasteiger partial charge on any atom is 0.390 e. The predicted molar refractivity (Wildman–Crippen MR) is 153 cm³/mol. The number of alkyl halides is 3. The van der Waals surface area contributed by atoms with Crippen LogP contribution in [0.3, 0.4) is 0 Å². The molecule has 0 aliphatic rings. The number of carbonyl (C=O) groups is 2. The van der Waals surface area contributed by atoms with Gasteiger partial charge in [0.15, 0.2) is 20.9 Å². The van der Waals surface area contributed by atoms with E-state index in [9.17, 15) is 44.7 Å². The lowest BCUT2D eigenvalue weighted by Crippen LogP contribution is -2.38. The molecule has 1 aromatic heterocycles. The van der Waals surface area contributed by atoms with Crippen LogP contribution in [-0.4, -0.2) is 68.4 Å². The molecule has 2 aromatic carbocycles. The van der Waals surface area contributed by atoms with E-state index >= 15 is 0 Å². The first-order valence-corrected chi connectivity index (χ1v) is 16.8. The van der Waals surface area contributed by atoms with Gasteiger partial charge < -0.3 is 10.4 Å². The van der Waals surface area contributed by atoms with Crippen molar-refractivity contribution in [3.8, 4) is 11.1 Å². The van der Waals surface area contributed by atoms with Crippen LogP contribution in [0.2, 0.25) is 0 Å². The van der Waals surface area contributed by atoms with Gasteiger partial charge in [0.2, 0.25) is 15.9 Å². The van der Waals surface area contributed by atoms with Gasteiger partial charge in [0.25, 0.3) is 0 Å². The zero-order valence-corrected chi connectivity index (χ0v) is 25.1. The van der Waals surface area contributed by atoms with E-state index in [1.54, 1.807) is 56.3 Å². The van der Waals surface area contributed by atoms with E-state index in [2.05, 4.69) is 10.3 Å². The molecule has 0 saturated carbocycles. The molecule has 0 spiro atoms. The summed E-state index contributed by atoms with van der Waals surface area (Å²) in [6.45, 7) is 2.66. The zero-order chi connectivity index (χ0) is 31.5. The minimum absolute atomic E-state index is 0.133. The minimum Gasteiger partial charge on any atom is -0.390 e. The smallest absolute Gasteiger partial charge is 0.390 e. The van der Waals surface area contributed by atoms with Crippen LogP contribution >= 0.6 is 11.3 Å². The average Bonchev–Trinajstić information content (AvgIpc) is 3.27. The van der Waals surface area contributed by atoms with Crippen molar-refractivity contribution in [2.45, 2.75) is 50.1 Å². The number of nitrogens with zero attached hydrogens (tertiary/aromatic N) is 1. The lowest BCUT2D eigenvalue weighted by atomic mass is 9.96. The highest BCUT2D eigenvalue weighted by molar-refractivity contribution is 7.92. The number of nitrogens with one attached hydrogen (secondary N) is 1. The summed E-state index contributed by atoms with van der Waals surface area (Å²) in [6, 6.07) is 11.6. The van der Waals surface area contributed by atoms with Crippen LogP contribution in [0.5, 0.6) is 0 Å². The number of amides is 1. The molecule has 16 heteroatoms. The summed E-state index contributed by atoms with van der Waals surface area (Å²) in [6.07, 6.45) is -6.08. The summed E-state index contributed by atoms with van der Waals surface area (Å²) in [4.78, 5) is 29.7. The fourth-order valence-corrected chi connectivity index (χ4v) is 7.36. The maximum absolute atomic E-state index is 13.0. The number of hydrogen-bond donors (Lipinski definition) is 3. The SMILES string of the molecule is CC(C)(O)CCC(=O)c1cccc(-c2ccc3nc(C(C(=O)NCCS(N)(=O)=O)S(=O)(=O)CCC(F)(F)F)sc3c2)c1. The number of rotatable bonds is 13. The second kappa shape index (κ2) is 12.8. The van der Waals surface area contributed by atoms with Crippen molar-refractivity contribution in [3.63, 3.8) is 0 Å². The monoisotopic (exact) mass is 649 g/mol. The van der Waals surface area contributed by atoms with Gasteiger partial charge in [-0.25, -0.2) is 27.0 Å². The summed E-state index contributed by atoms with van der Waals surface area (Å²) in [5, 5.41) is 14.5. The Morgan fingerprint density at radius 3 is 2.31 bits per heavy atom. The molecule has 42 heavy (non-hydrogen) atoms. The van der Waals surface area contributed by atoms with Gasteiger partial charge >= 0.3 is 6.18 Å². The summed E-state index contributed by atoms with van der Waals surface area (Å²) in [5.74, 6) is -3.48. The largest absolute Gasteiger partial charge is 0.390 e. The Bertz CT molecular complexity index is 1680. The molecule has 230 valence electrons. The molecule has 0 aliphatic heterocycles. The Hall–Kier alpha value is -2.92. The number of aromatic nitrogens is 1. The van der Waals surface area contributed by atoms with Crippen molar-refractivity contribution in [1.82, 2.24) is 10.3 Å². The summed E-state index contributed by atoms with van der Waals surface area (Å²) in [5.41, 5.74) is 0.984. The number of sulfonamides is 1. The van der Waals surface area contributed by atoms with Gasteiger partial charge in [-0.3, -0.25) is 9.59 Å². The molecule has 1 heterocycles. The number of aliphatic hydroxyl groups is 1. The van der Waals surface area contributed by atoms with E-state index in [4.69, 9.17) is 5.14 Å². The number of sulfone groups is 1. The van der Waals surface area contributed by atoms with Gasteiger partial charge in [0.05, 0.1) is 33.7 Å². The number of nitrogens with two attached hydrogens (primary N) is 1. The minimum atomic E-state index is -4.80. The Morgan fingerprint density at radius 2 is 1.69 bits per heavy atom. The highest BCUT2D eigenvalue weighted by Gasteiger charge is 2.40. The maximum atomic E-state index is 13.0. The summed E-state index contributed by atoms with van der Waals surface area (Å²) < 4.78 is 87.3. The van der Waals surface area contributed by atoms with Gasteiger partial charge in [0.1, 0.15) is 5.01 Å². The Kier molecular flexibility index (Phi) is 10.2. The number of thiazole rings is 1. The van der Waals surface area contributed by atoms with Crippen LogP contribution in [-0.2, 0) is 24.7 Å². The highest BCUT2D eigenvalue weighted by atomic mass is 32.2. The van der Waals surface area contributed by atoms with Gasteiger partial charge in [-0.05, 0) is 49.6 Å². The standard InChI is InChI=1S/C26H30F3N3O7S3/c1-25(2,35)9-8-20(33)18-5-3-4-16(14-18)17-6-7-19-21(15-17)40-24(32-19)22(23(34)31-11-13-42(30,38)39)41(36,37)12-10-26(27,28)29/h3-7,14-15,22,35H,8-13H2,1-2H3,(H,31,34)(H2,30,38,39). The molecule has 1 atom stereocenters. The number of Topliss-reactive ketones (excluding diaryl/α,β-unsaturated/α-hetero) is 1. The molecule has 0 aliphatic carbocycles. The van der Waals surface area contributed by atoms with E-state index in [1.807, 2.05) is 0 Å².